The fourth-order valence-electron chi connectivity index (χ4n) is 2.41. The molecule has 1 aliphatic rings. The van der Waals surface area contributed by atoms with Crippen molar-refractivity contribution < 1.29 is 15.0 Å². The molecule has 21 heavy (non-hydrogen) atoms. The Labute approximate surface area is 122 Å². The lowest BCUT2D eigenvalue weighted by Gasteiger charge is -2.18. The molecule has 0 aliphatic carbocycles. The number of para-hydroxylation sites is 1. The first-order valence-electron chi connectivity index (χ1n) is 6.80. The Morgan fingerprint density at radius 3 is 2.86 bits per heavy atom. The molecule has 0 spiro atoms. The molecule has 1 heterocycles. The third-order valence-electron chi connectivity index (χ3n) is 3.58. The van der Waals surface area contributed by atoms with Crippen LogP contribution in [0.4, 0.5) is 11.4 Å². The number of hydrogen-bond acceptors (Lipinski definition) is 4. The van der Waals surface area contributed by atoms with Gasteiger partial charge in [-0.25, -0.2) is 0 Å². The maximum Gasteiger partial charge on any atom is 0.224 e. The maximum absolute atomic E-state index is 11.3. The van der Waals surface area contributed by atoms with Crippen LogP contribution < -0.4 is 10.6 Å². The Kier molecular flexibility index (Phi) is 3.39. The van der Waals surface area contributed by atoms with E-state index in [0.717, 1.165) is 23.4 Å². The van der Waals surface area contributed by atoms with Gasteiger partial charge < -0.3 is 20.8 Å². The van der Waals surface area contributed by atoms with Gasteiger partial charge >= 0.3 is 0 Å². The molecule has 0 saturated carbocycles. The Hall–Kier alpha value is -2.69. The minimum atomic E-state index is -0.123. The van der Waals surface area contributed by atoms with Crippen LogP contribution in [0.3, 0.4) is 0 Å². The molecule has 5 heteroatoms. The zero-order valence-electron chi connectivity index (χ0n) is 11.4. The summed E-state index contributed by atoms with van der Waals surface area (Å²) in [4.78, 5) is 11.3. The molecule has 0 saturated heterocycles. The number of carbonyl (C=O) groups is 1. The van der Waals surface area contributed by atoms with E-state index in [4.69, 9.17) is 0 Å². The summed E-state index contributed by atoms with van der Waals surface area (Å²) >= 11 is 0. The van der Waals surface area contributed by atoms with Crippen LogP contribution in [0.15, 0.2) is 36.4 Å². The van der Waals surface area contributed by atoms with Crippen LogP contribution in [0.1, 0.15) is 17.5 Å². The second kappa shape index (κ2) is 5.36. The number of aryl methyl sites for hydroxylation is 1. The molecule has 2 aromatic rings. The van der Waals surface area contributed by atoms with Crippen molar-refractivity contribution in [2.24, 2.45) is 0 Å². The number of aromatic hydroxyl groups is 2. The number of carbonyl (C=O) groups excluding carboxylic acids is 1. The number of benzene rings is 2. The van der Waals surface area contributed by atoms with Gasteiger partial charge in [0.2, 0.25) is 5.91 Å². The van der Waals surface area contributed by atoms with E-state index >= 15 is 0 Å². The smallest absolute Gasteiger partial charge is 0.224 e. The Balaban J connectivity index is 1.74. The highest BCUT2D eigenvalue weighted by atomic mass is 16.3. The zero-order chi connectivity index (χ0) is 14.8. The van der Waals surface area contributed by atoms with E-state index in [1.807, 2.05) is 18.2 Å². The van der Waals surface area contributed by atoms with Crippen LogP contribution >= 0.6 is 0 Å². The van der Waals surface area contributed by atoms with Gasteiger partial charge in [-0.2, -0.15) is 0 Å². The largest absolute Gasteiger partial charge is 0.504 e. The molecule has 0 fully saturated rings. The van der Waals surface area contributed by atoms with Gasteiger partial charge in [0.25, 0.3) is 0 Å². The molecule has 0 atom stereocenters. The lowest BCUT2D eigenvalue weighted by Crippen LogP contribution is -2.18. The van der Waals surface area contributed by atoms with Crippen LogP contribution in [0.5, 0.6) is 11.5 Å². The third-order valence-corrected chi connectivity index (χ3v) is 3.58. The number of anilines is 2. The van der Waals surface area contributed by atoms with Crippen LogP contribution in [0.25, 0.3) is 0 Å². The summed E-state index contributed by atoms with van der Waals surface area (Å²) in [5.41, 5.74) is 3.49. The van der Waals surface area contributed by atoms with E-state index in [1.54, 1.807) is 12.1 Å². The number of fused-ring (bicyclic) bond motifs is 1. The van der Waals surface area contributed by atoms with E-state index in [1.165, 1.54) is 6.07 Å². The summed E-state index contributed by atoms with van der Waals surface area (Å²) in [6.45, 7) is 0.408. The topological polar surface area (TPSA) is 81.6 Å². The van der Waals surface area contributed by atoms with Gasteiger partial charge in [0.1, 0.15) is 0 Å². The molecule has 0 bridgehead atoms. The minimum Gasteiger partial charge on any atom is -0.504 e. The minimum absolute atomic E-state index is 0.0490. The van der Waals surface area contributed by atoms with Gasteiger partial charge in [-0.05, 0) is 36.2 Å². The monoisotopic (exact) mass is 284 g/mol. The second-order valence-electron chi connectivity index (χ2n) is 5.06. The van der Waals surface area contributed by atoms with Gasteiger partial charge in [-0.3, -0.25) is 4.79 Å². The first kappa shape index (κ1) is 13.3. The number of rotatable bonds is 3. The molecular weight excluding hydrogens is 268 g/mol. The molecule has 0 unspecified atom stereocenters. The number of amides is 1. The third kappa shape index (κ3) is 2.76. The molecule has 2 aromatic carbocycles. The molecule has 4 N–H and O–H groups in total. The van der Waals surface area contributed by atoms with Crippen molar-refractivity contribution in [2.45, 2.75) is 19.4 Å². The lowest BCUT2D eigenvalue weighted by atomic mass is 10.0. The molecule has 5 nitrogen and oxygen atoms in total. The van der Waals surface area contributed by atoms with Crippen molar-refractivity contribution >= 4 is 17.3 Å². The number of nitrogens with one attached hydrogen (secondary N) is 2. The van der Waals surface area contributed by atoms with Crippen molar-refractivity contribution in [3.8, 4) is 11.5 Å². The van der Waals surface area contributed by atoms with Gasteiger partial charge in [-0.1, -0.05) is 12.1 Å². The Bertz CT molecular complexity index is 698. The number of phenols is 2. The van der Waals surface area contributed by atoms with E-state index < -0.39 is 0 Å². The number of hydrogen-bond donors (Lipinski definition) is 4. The van der Waals surface area contributed by atoms with Crippen molar-refractivity contribution in [1.82, 2.24) is 0 Å². The average Bonchev–Trinajstić information content (AvgIpc) is 2.49. The highest BCUT2D eigenvalue weighted by Gasteiger charge is 2.14. The highest BCUT2D eigenvalue weighted by molar-refractivity contribution is 5.94. The van der Waals surface area contributed by atoms with Crippen LogP contribution in [0, 0.1) is 0 Å². The van der Waals surface area contributed by atoms with Gasteiger partial charge in [0.15, 0.2) is 11.5 Å². The van der Waals surface area contributed by atoms with E-state index in [0.29, 0.717) is 18.5 Å². The Morgan fingerprint density at radius 1 is 1.14 bits per heavy atom. The standard InChI is InChI=1S/C16H16N2O3/c19-14-3-1-2-11(16(14)21)9-17-12-5-6-13-10(8-12)4-7-15(20)18-13/h1-3,5-6,8,17,19,21H,4,7,9H2,(H,18,20). The summed E-state index contributed by atoms with van der Waals surface area (Å²) in [7, 11) is 0. The molecule has 0 aromatic heterocycles. The van der Waals surface area contributed by atoms with Crippen LogP contribution in [0.2, 0.25) is 0 Å². The predicted molar refractivity (Wildman–Crippen MR) is 80.5 cm³/mol. The first-order valence-corrected chi connectivity index (χ1v) is 6.80. The first-order chi connectivity index (χ1) is 10.1. The van der Waals surface area contributed by atoms with Crippen LogP contribution in [-0.4, -0.2) is 16.1 Å². The quantitative estimate of drug-likeness (QED) is 0.653. The van der Waals surface area contributed by atoms with E-state index in [9.17, 15) is 15.0 Å². The normalized spacial score (nSPS) is 13.4. The van der Waals surface area contributed by atoms with Crippen molar-refractivity contribution in [1.29, 1.82) is 0 Å². The summed E-state index contributed by atoms with van der Waals surface area (Å²) in [6, 6.07) is 10.6. The highest BCUT2D eigenvalue weighted by Crippen LogP contribution is 2.30. The molecular formula is C16H16N2O3. The summed E-state index contributed by atoms with van der Waals surface area (Å²) < 4.78 is 0. The van der Waals surface area contributed by atoms with E-state index in [-0.39, 0.29) is 17.4 Å². The Morgan fingerprint density at radius 2 is 2.00 bits per heavy atom. The maximum atomic E-state index is 11.3. The van der Waals surface area contributed by atoms with Gasteiger partial charge in [-0.15, -0.1) is 0 Å². The van der Waals surface area contributed by atoms with Crippen LogP contribution in [-0.2, 0) is 17.8 Å². The predicted octanol–water partition coefficient (Wildman–Crippen LogP) is 2.59. The lowest BCUT2D eigenvalue weighted by molar-refractivity contribution is -0.116. The molecule has 0 radical (unpaired) electrons. The SMILES string of the molecule is O=C1CCc2cc(NCc3cccc(O)c3O)ccc2N1. The molecule has 1 aliphatic heterocycles. The molecule has 3 rings (SSSR count). The summed E-state index contributed by atoms with van der Waals surface area (Å²) in [6.07, 6.45) is 1.23. The molecule has 108 valence electrons. The summed E-state index contributed by atoms with van der Waals surface area (Å²) in [5.74, 6) is -0.175. The van der Waals surface area contributed by atoms with Gasteiger partial charge in [0, 0.05) is 29.9 Å². The second-order valence-corrected chi connectivity index (χ2v) is 5.06. The fraction of sp³-hybridized carbons (Fsp3) is 0.188. The summed E-state index contributed by atoms with van der Waals surface area (Å²) in [5, 5.41) is 25.3. The fourth-order valence-corrected chi connectivity index (χ4v) is 2.41. The average molecular weight is 284 g/mol. The van der Waals surface area contributed by atoms with Crippen molar-refractivity contribution in [3.63, 3.8) is 0 Å². The van der Waals surface area contributed by atoms with Gasteiger partial charge in [0.05, 0.1) is 0 Å². The van der Waals surface area contributed by atoms with E-state index in [2.05, 4.69) is 10.6 Å². The van der Waals surface area contributed by atoms with Crippen molar-refractivity contribution in [3.05, 3.63) is 47.5 Å². The zero-order valence-corrected chi connectivity index (χ0v) is 11.4. The van der Waals surface area contributed by atoms with Crippen molar-refractivity contribution in [2.75, 3.05) is 10.6 Å². The molecule has 1 amide bonds. The number of phenolic OH excluding ortho intramolecular Hbond substituents is 2.